The lowest BCUT2D eigenvalue weighted by Gasteiger charge is -2.41. The van der Waals surface area contributed by atoms with Crippen molar-refractivity contribution >= 4 is 22.6 Å². The normalized spacial score (nSPS) is 22.1. The average Bonchev–Trinajstić information content (AvgIpc) is 3.02. The molecule has 0 radical (unpaired) electrons. The van der Waals surface area contributed by atoms with Crippen LogP contribution in [0.4, 0.5) is 13.2 Å². The Balaban J connectivity index is 1.44. The van der Waals surface area contributed by atoms with Gasteiger partial charge in [-0.05, 0) is 67.1 Å². The fraction of sp³-hybridized carbons (Fsp3) is 0.333. The number of hydrogen-bond acceptors (Lipinski definition) is 2. The maximum absolute atomic E-state index is 14.4. The number of ketones is 1. The molecule has 1 aromatic heterocycles. The molecule has 1 heterocycles. The van der Waals surface area contributed by atoms with Crippen molar-refractivity contribution in [2.75, 3.05) is 0 Å². The highest BCUT2D eigenvalue weighted by Crippen LogP contribution is 2.46. The van der Waals surface area contributed by atoms with Crippen LogP contribution in [0.2, 0.25) is 0 Å². The van der Waals surface area contributed by atoms with Crippen LogP contribution in [0.25, 0.3) is 22.2 Å². The summed E-state index contributed by atoms with van der Waals surface area (Å²) in [5.74, 6) is -1.77. The summed E-state index contributed by atoms with van der Waals surface area (Å²) in [7, 11) is 0. The van der Waals surface area contributed by atoms with Crippen molar-refractivity contribution in [1.82, 2.24) is 10.3 Å². The van der Waals surface area contributed by atoms with Gasteiger partial charge in [0, 0.05) is 30.3 Å². The molecule has 160 valence electrons. The lowest BCUT2D eigenvalue weighted by molar-refractivity contribution is -0.146. The Labute approximate surface area is 176 Å². The Kier molecular flexibility index (Phi) is 4.46. The van der Waals surface area contributed by atoms with E-state index in [2.05, 4.69) is 10.3 Å². The number of carbonyl (C=O) groups excluding carboxylic acids is 2. The summed E-state index contributed by atoms with van der Waals surface area (Å²) < 4.78 is 41.8. The zero-order chi connectivity index (χ0) is 21.9. The van der Waals surface area contributed by atoms with Crippen LogP contribution in [0, 0.1) is 22.9 Å². The van der Waals surface area contributed by atoms with Crippen molar-refractivity contribution in [1.29, 1.82) is 0 Å². The molecule has 2 aromatic carbocycles. The van der Waals surface area contributed by atoms with E-state index in [0.29, 0.717) is 29.5 Å². The van der Waals surface area contributed by atoms with E-state index >= 15 is 0 Å². The van der Waals surface area contributed by atoms with Crippen LogP contribution in [-0.4, -0.2) is 22.7 Å². The van der Waals surface area contributed by atoms with Gasteiger partial charge in [0.25, 0.3) is 0 Å². The largest absolute Gasteiger partial charge is 0.353 e. The molecule has 5 rings (SSSR count). The van der Waals surface area contributed by atoms with E-state index in [0.717, 1.165) is 11.6 Å². The number of Topliss-reactive ketones (excluding diaryl/α,β-unsaturated/α-hetero) is 1. The highest BCUT2D eigenvalue weighted by Gasteiger charge is 2.47. The maximum Gasteiger partial charge on any atom is 0.227 e. The third-order valence-electron chi connectivity index (χ3n) is 6.60. The van der Waals surface area contributed by atoms with Gasteiger partial charge in [0.05, 0.1) is 16.6 Å². The molecule has 2 aliphatic rings. The Morgan fingerprint density at radius 3 is 2.39 bits per heavy atom. The Morgan fingerprint density at radius 1 is 1.06 bits per heavy atom. The molecule has 2 N–H and O–H groups in total. The number of aromatic nitrogens is 1. The van der Waals surface area contributed by atoms with Crippen LogP contribution in [0.5, 0.6) is 0 Å². The van der Waals surface area contributed by atoms with Crippen LogP contribution in [0.3, 0.4) is 0 Å². The molecule has 7 heteroatoms. The molecule has 3 aromatic rings. The number of carbonyl (C=O) groups is 2. The van der Waals surface area contributed by atoms with E-state index in [4.69, 9.17) is 0 Å². The Bertz CT molecular complexity index is 1200. The fourth-order valence-electron chi connectivity index (χ4n) is 4.82. The molecule has 2 saturated carbocycles. The molecular formula is C24H21F3N2O2. The van der Waals surface area contributed by atoms with Gasteiger partial charge in [0.1, 0.15) is 23.2 Å². The molecule has 0 saturated heterocycles. The minimum absolute atomic E-state index is 0.0175. The molecule has 0 spiro atoms. The molecular weight excluding hydrogens is 405 g/mol. The van der Waals surface area contributed by atoms with Gasteiger partial charge in [-0.25, -0.2) is 13.2 Å². The number of nitrogens with one attached hydrogen (secondary N) is 2. The first-order valence-electron chi connectivity index (χ1n) is 10.3. The van der Waals surface area contributed by atoms with Gasteiger partial charge in [-0.1, -0.05) is 0 Å². The lowest BCUT2D eigenvalue weighted by atomic mass is 9.68. The van der Waals surface area contributed by atoms with E-state index in [1.165, 1.54) is 18.2 Å². The van der Waals surface area contributed by atoms with E-state index < -0.39 is 17.0 Å². The van der Waals surface area contributed by atoms with E-state index in [-0.39, 0.29) is 47.8 Å². The van der Waals surface area contributed by atoms with Gasteiger partial charge >= 0.3 is 0 Å². The third kappa shape index (κ3) is 3.32. The van der Waals surface area contributed by atoms with Crippen LogP contribution in [0.15, 0.2) is 36.4 Å². The maximum atomic E-state index is 14.4. The van der Waals surface area contributed by atoms with Gasteiger partial charge < -0.3 is 10.3 Å². The summed E-state index contributed by atoms with van der Waals surface area (Å²) in [5, 5.41) is 3.47. The first kappa shape index (κ1) is 19.8. The molecule has 0 unspecified atom stereocenters. The second kappa shape index (κ2) is 6.97. The van der Waals surface area contributed by atoms with Crippen molar-refractivity contribution < 1.29 is 22.8 Å². The second-order valence-electron chi connectivity index (χ2n) is 9.02. The van der Waals surface area contributed by atoms with Gasteiger partial charge in [-0.2, -0.15) is 0 Å². The van der Waals surface area contributed by atoms with Crippen LogP contribution >= 0.6 is 0 Å². The molecule has 2 aliphatic carbocycles. The lowest BCUT2D eigenvalue weighted by Crippen LogP contribution is -2.53. The predicted molar refractivity (Wildman–Crippen MR) is 110 cm³/mol. The van der Waals surface area contributed by atoms with Gasteiger partial charge in [0.15, 0.2) is 0 Å². The number of benzene rings is 2. The molecule has 31 heavy (non-hydrogen) atoms. The first-order chi connectivity index (χ1) is 14.7. The van der Waals surface area contributed by atoms with Crippen LogP contribution in [0.1, 0.15) is 44.1 Å². The SMILES string of the molecule is CC1(C(=O)NC2CC(c3c(-c4ccc(F)cc4)[nH]c4c(F)cc(F)cc34)C2)CC(=O)C1. The van der Waals surface area contributed by atoms with Crippen LogP contribution in [-0.2, 0) is 9.59 Å². The number of rotatable bonds is 4. The summed E-state index contributed by atoms with van der Waals surface area (Å²) in [6, 6.07) is 7.94. The standard InChI is InChI=1S/C24H21F3N2O2/c1-24(10-17(30)11-24)23(31)28-16-6-13(7-16)20-18-8-15(26)9-19(27)22(18)29-21(20)12-2-4-14(25)5-3-12/h2-5,8-9,13,16,29H,6-7,10-11H2,1H3,(H,28,31). The molecule has 0 bridgehead atoms. The van der Waals surface area contributed by atoms with E-state index in [1.54, 1.807) is 19.1 Å². The average molecular weight is 426 g/mol. The fourth-order valence-corrected chi connectivity index (χ4v) is 4.82. The summed E-state index contributed by atoms with van der Waals surface area (Å²) in [4.78, 5) is 26.9. The number of amides is 1. The van der Waals surface area contributed by atoms with Crippen LogP contribution < -0.4 is 5.32 Å². The van der Waals surface area contributed by atoms with Crippen molar-refractivity contribution in [3.63, 3.8) is 0 Å². The zero-order valence-corrected chi connectivity index (χ0v) is 16.9. The summed E-state index contributed by atoms with van der Waals surface area (Å²) in [5.41, 5.74) is 1.67. The summed E-state index contributed by atoms with van der Waals surface area (Å²) >= 11 is 0. The van der Waals surface area contributed by atoms with E-state index in [1.807, 2.05) is 0 Å². The third-order valence-corrected chi connectivity index (χ3v) is 6.60. The van der Waals surface area contributed by atoms with Gasteiger partial charge in [0.2, 0.25) is 5.91 Å². The molecule has 2 fully saturated rings. The monoisotopic (exact) mass is 426 g/mol. The zero-order valence-electron chi connectivity index (χ0n) is 16.9. The Morgan fingerprint density at radius 2 is 1.74 bits per heavy atom. The van der Waals surface area contributed by atoms with Crippen molar-refractivity contribution in [3.8, 4) is 11.3 Å². The number of H-pyrrole nitrogens is 1. The van der Waals surface area contributed by atoms with Crippen molar-refractivity contribution in [2.24, 2.45) is 5.41 Å². The second-order valence-corrected chi connectivity index (χ2v) is 9.02. The first-order valence-corrected chi connectivity index (χ1v) is 10.3. The molecule has 1 amide bonds. The molecule has 4 nitrogen and oxygen atoms in total. The van der Waals surface area contributed by atoms with Gasteiger partial charge in [-0.3, -0.25) is 9.59 Å². The van der Waals surface area contributed by atoms with Gasteiger partial charge in [-0.15, -0.1) is 0 Å². The topological polar surface area (TPSA) is 62.0 Å². The minimum Gasteiger partial charge on any atom is -0.353 e. The summed E-state index contributed by atoms with van der Waals surface area (Å²) in [6.07, 6.45) is 1.78. The summed E-state index contributed by atoms with van der Waals surface area (Å²) in [6.45, 7) is 1.79. The smallest absolute Gasteiger partial charge is 0.227 e. The van der Waals surface area contributed by atoms with E-state index in [9.17, 15) is 22.8 Å². The highest BCUT2D eigenvalue weighted by molar-refractivity contribution is 5.99. The quantitative estimate of drug-likeness (QED) is 0.618. The number of fused-ring (bicyclic) bond motifs is 1. The minimum atomic E-state index is -0.684. The molecule has 0 aliphatic heterocycles. The predicted octanol–water partition coefficient (Wildman–Crippen LogP) is 4.98. The number of halogens is 3. The Hall–Kier alpha value is -3.09. The highest BCUT2D eigenvalue weighted by atomic mass is 19.1. The van der Waals surface area contributed by atoms with Crippen molar-refractivity contribution in [3.05, 3.63) is 59.4 Å². The molecule has 0 atom stereocenters. The number of aromatic amines is 1. The number of hydrogen-bond donors (Lipinski definition) is 2. The van der Waals surface area contributed by atoms with Crippen molar-refractivity contribution in [2.45, 2.75) is 44.6 Å².